The van der Waals surface area contributed by atoms with E-state index in [1.54, 1.807) is 42.6 Å². The molecule has 158 valence electrons. The summed E-state index contributed by atoms with van der Waals surface area (Å²) in [7, 11) is 0. The Morgan fingerprint density at radius 2 is 1.94 bits per heavy atom. The van der Waals surface area contributed by atoms with Crippen LogP contribution in [-0.4, -0.2) is 17.1 Å². The van der Waals surface area contributed by atoms with Crippen LogP contribution in [0.15, 0.2) is 72.4 Å². The van der Waals surface area contributed by atoms with Crippen LogP contribution in [-0.2, 0) is 11.0 Å². The van der Waals surface area contributed by atoms with Gasteiger partial charge in [0.25, 0.3) is 5.91 Å². The zero-order valence-corrected chi connectivity index (χ0v) is 16.5. The topological polar surface area (TPSA) is 67.0 Å². The number of anilines is 1. The lowest BCUT2D eigenvalue weighted by atomic mass is 10.1. The number of hydrogen-bond donors (Lipinski definition) is 1. The molecule has 1 aromatic heterocycles. The van der Waals surface area contributed by atoms with Crippen LogP contribution in [0.25, 0.3) is 11.8 Å². The molecule has 3 rings (SSSR count). The number of carbonyl (C=O) groups is 1. The average molecular weight is 425 g/mol. The average Bonchev–Trinajstić information content (AvgIpc) is 3.20. The van der Waals surface area contributed by atoms with Gasteiger partial charge in [0, 0.05) is 29.3 Å². The van der Waals surface area contributed by atoms with Crippen molar-refractivity contribution in [2.24, 2.45) is 0 Å². The molecule has 5 nitrogen and oxygen atoms in total. The van der Waals surface area contributed by atoms with Crippen LogP contribution in [0.1, 0.15) is 18.2 Å². The van der Waals surface area contributed by atoms with Crippen molar-refractivity contribution in [1.29, 1.82) is 5.26 Å². The lowest BCUT2D eigenvalue weighted by molar-refractivity contribution is -0.137. The van der Waals surface area contributed by atoms with E-state index in [-0.39, 0.29) is 11.3 Å². The molecule has 0 aliphatic rings. The summed E-state index contributed by atoms with van der Waals surface area (Å²) in [5.41, 5.74) is 0.0995. The lowest BCUT2D eigenvalue weighted by Gasteiger charge is -2.11. The van der Waals surface area contributed by atoms with Crippen molar-refractivity contribution in [3.8, 4) is 17.5 Å². The molecule has 3 aromatic rings. The number of nitriles is 1. The molecule has 0 spiro atoms. The minimum absolute atomic E-state index is 0.200. The van der Waals surface area contributed by atoms with Gasteiger partial charge in [-0.15, -0.1) is 0 Å². The Kier molecular flexibility index (Phi) is 6.46. The molecule has 0 unspecified atom stereocenters. The summed E-state index contributed by atoms with van der Waals surface area (Å²) < 4.78 is 46.0. The maximum absolute atomic E-state index is 13.0. The Bertz CT molecular complexity index is 1160. The quantitative estimate of drug-likeness (QED) is 0.422. The molecule has 0 fully saturated rings. The first-order valence-corrected chi connectivity index (χ1v) is 9.33. The number of nitrogens with one attached hydrogen (secondary N) is 1. The number of nitrogens with zero attached hydrogens (tertiary/aromatic N) is 2. The molecule has 1 heterocycles. The van der Waals surface area contributed by atoms with Gasteiger partial charge in [0.2, 0.25) is 0 Å². The fourth-order valence-corrected chi connectivity index (χ4v) is 2.90. The zero-order chi connectivity index (χ0) is 22.4. The predicted octanol–water partition coefficient (Wildman–Crippen LogP) is 5.44. The first-order chi connectivity index (χ1) is 14.8. The third-order valence-electron chi connectivity index (χ3n) is 4.29. The highest BCUT2D eigenvalue weighted by Gasteiger charge is 2.30. The molecule has 0 aliphatic carbocycles. The van der Waals surface area contributed by atoms with Gasteiger partial charge in [-0.2, -0.15) is 18.4 Å². The van der Waals surface area contributed by atoms with Gasteiger partial charge < -0.3 is 14.6 Å². The summed E-state index contributed by atoms with van der Waals surface area (Å²) >= 11 is 0. The van der Waals surface area contributed by atoms with Gasteiger partial charge in [-0.3, -0.25) is 4.79 Å². The summed E-state index contributed by atoms with van der Waals surface area (Å²) in [4.78, 5) is 12.6. The lowest BCUT2D eigenvalue weighted by Crippen LogP contribution is -2.13. The third kappa shape index (κ3) is 5.34. The minimum atomic E-state index is -4.48. The second-order valence-corrected chi connectivity index (χ2v) is 6.44. The number of amides is 1. The van der Waals surface area contributed by atoms with E-state index in [4.69, 9.17) is 4.74 Å². The summed E-state index contributed by atoms with van der Waals surface area (Å²) in [6, 6.07) is 16.6. The molecule has 0 bridgehead atoms. The van der Waals surface area contributed by atoms with Gasteiger partial charge in [-0.1, -0.05) is 12.1 Å². The zero-order valence-electron chi connectivity index (χ0n) is 16.5. The Morgan fingerprint density at radius 1 is 1.16 bits per heavy atom. The minimum Gasteiger partial charge on any atom is -0.494 e. The number of rotatable bonds is 6. The number of halogens is 3. The molecule has 0 saturated heterocycles. The standard InChI is InChI=1S/C23H18F3N3O2/c1-2-31-21-10-4-7-18(14-21)28-22(30)16(15-27)12-19-9-5-11-29(19)20-8-3-6-17(13-20)23(24,25)26/h3-14H,2H2,1H3,(H,28,30)/b16-12-. The summed E-state index contributed by atoms with van der Waals surface area (Å²) in [5.74, 6) is -0.0749. The molecule has 1 N–H and O–H groups in total. The molecule has 1 amide bonds. The summed E-state index contributed by atoms with van der Waals surface area (Å²) in [6.07, 6.45) is -1.60. The van der Waals surface area contributed by atoms with Crippen LogP contribution < -0.4 is 10.1 Å². The van der Waals surface area contributed by atoms with E-state index in [2.05, 4.69) is 5.32 Å². The monoisotopic (exact) mass is 425 g/mol. The van der Waals surface area contributed by atoms with E-state index >= 15 is 0 Å². The van der Waals surface area contributed by atoms with E-state index in [1.165, 1.54) is 22.8 Å². The number of aromatic nitrogens is 1. The summed E-state index contributed by atoms with van der Waals surface area (Å²) in [5, 5.41) is 12.1. The van der Waals surface area contributed by atoms with Gasteiger partial charge in [0.05, 0.1) is 12.2 Å². The summed E-state index contributed by atoms with van der Waals surface area (Å²) in [6.45, 7) is 2.30. The Labute approximate surface area is 177 Å². The molecule has 0 atom stereocenters. The van der Waals surface area contributed by atoms with Crippen molar-refractivity contribution < 1.29 is 22.7 Å². The van der Waals surface area contributed by atoms with Crippen molar-refractivity contribution >= 4 is 17.7 Å². The largest absolute Gasteiger partial charge is 0.494 e. The van der Waals surface area contributed by atoms with Gasteiger partial charge >= 0.3 is 6.18 Å². The van der Waals surface area contributed by atoms with E-state index in [1.807, 2.05) is 13.0 Å². The van der Waals surface area contributed by atoms with Gasteiger partial charge in [0.1, 0.15) is 17.4 Å². The van der Waals surface area contributed by atoms with E-state index < -0.39 is 17.6 Å². The highest BCUT2D eigenvalue weighted by atomic mass is 19.4. The highest BCUT2D eigenvalue weighted by Crippen LogP contribution is 2.30. The SMILES string of the molecule is CCOc1cccc(NC(=O)/C(C#N)=C\c2cccn2-c2cccc(C(F)(F)F)c2)c1. The number of carbonyl (C=O) groups excluding carboxylic acids is 1. The smallest absolute Gasteiger partial charge is 0.416 e. The van der Waals surface area contributed by atoms with Crippen molar-refractivity contribution in [3.63, 3.8) is 0 Å². The second-order valence-electron chi connectivity index (χ2n) is 6.44. The molecular formula is C23H18F3N3O2. The Morgan fingerprint density at radius 3 is 2.65 bits per heavy atom. The molecule has 0 saturated carbocycles. The van der Waals surface area contributed by atoms with E-state index in [9.17, 15) is 23.2 Å². The van der Waals surface area contributed by atoms with Crippen molar-refractivity contribution in [1.82, 2.24) is 4.57 Å². The normalized spacial score (nSPS) is 11.6. The van der Waals surface area contributed by atoms with Crippen LogP contribution in [0, 0.1) is 11.3 Å². The number of ether oxygens (including phenoxy) is 1. The number of benzene rings is 2. The molecular weight excluding hydrogens is 407 g/mol. The first-order valence-electron chi connectivity index (χ1n) is 9.33. The molecule has 31 heavy (non-hydrogen) atoms. The van der Waals surface area contributed by atoms with Gasteiger partial charge in [-0.05, 0) is 55.5 Å². The predicted molar refractivity (Wildman–Crippen MR) is 111 cm³/mol. The number of hydrogen-bond acceptors (Lipinski definition) is 3. The van der Waals surface area contributed by atoms with Gasteiger partial charge in [0.15, 0.2) is 0 Å². The fourth-order valence-electron chi connectivity index (χ4n) is 2.90. The van der Waals surface area contributed by atoms with Gasteiger partial charge in [-0.25, -0.2) is 0 Å². The van der Waals surface area contributed by atoms with Crippen molar-refractivity contribution in [3.05, 3.63) is 83.7 Å². The van der Waals surface area contributed by atoms with Crippen LogP contribution in [0.3, 0.4) is 0 Å². The van der Waals surface area contributed by atoms with Crippen LogP contribution >= 0.6 is 0 Å². The molecule has 2 aromatic carbocycles. The van der Waals surface area contributed by atoms with E-state index in [0.29, 0.717) is 23.7 Å². The molecule has 8 heteroatoms. The van der Waals surface area contributed by atoms with Crippen molar-refractivity contribution in [2.45, 2.75) is 13.1 Å². The van der Waals surface area contributed by atoms with Crippen molar-refractivity contribution in [2.75, 3.05) is 11.9 Å². The molecule has 0 aliphatic heterocycles. The molecule has 0 radical (unpaired) electrons. The Balaban J connectivity index is 1.88. The fraction of sp³-hybridized carbons (Fsp3) is 0.130. The highest BCUT2D eigenvalue weighted by molar-refractivity contribution is 6.09. The maximum Gasteiger partial charge on any atom is 0.416 e. The first kappa shape index (κ1) is 21.7. The maximum atomic E-state index is 13.0. The van der Waals surface area contributed by atoms with Crippen LogP contribution in [0.4, 0.5) is 18.9 Å². The van der Waals surface area contributed by atoms with E-state index in [0.717, 1.165) is 12.1 Å². The second kappa shape index (κ2) is 9.22. The number of alkyl halides is 3. The van der Waals surface area contributed by atoms with Crippen LogP contribution in [0.2, 0.25) is 0 Å². The third-order valence-corrected chi connectivity index (χ3v) is 4.29. The Hall–Kier alpha value is -3.99. The van der Waals surface area contributed by atoms with Crippen LogP contribution in [0.5, 0.6) is 5.75 Å².